The highest BCUT2D eigenvalue weighted by atomic mass is 16.5. The molecule has 5 heteroatoms. The summed E-state index contributed by atoms with van der Waals surface area (Å²) in [5.74, 6) is 0.00133. The molecule has 1 aromatic rings. The predicted molar refractivity (Wildman–Crippen MR) is 67.9 cm³/mol. The molecule has 0 saturated carbocycles. The Hall–Kier alpha value is -1.46. The number of aromatic nitrogens is 1. The molecule has 0 aliphatic carbocycles. The molecule has 1 aromatic heterocycles. The molecule has 1 aliphatic rings. The number of hydrogen-bond donors (Lipinski definition) is 2. The Labute approximate surface area is 107 Å². The van der Waals surface area contributed by atoms with E-state index in [1.807, 2.05) is 18.2 Å². The fraction of sp³-hybridized carbons (Fsp3) is 0.538. The Bertz CT molecular complexity index is 364. The summed E-state index contributed by atoms with van der Waals surface area (Å²) >= 11 is 0. The fourth-order valence-corrected chi connectivity index (χ4v) is 1.90. The van der Waals surface area contributed by atoms with Crippen LogP contribution in [-0.4, -0.2) is 36.7 Å². The summed E-state index contributed by atoms with van der Waals surface area (Å²) in [5, 5.41) is 5.93. The van der Waals surface area contributed by atoms with E-state index in [2.05, 4.69) is 15.6 Å². The Kier molecular flexibility index (Phi) is 5.11. The van der Waals surface area contributed by atoms with Crippen LogP contribution in [0, 0.1) is 0 Å². The Morgan fingerprint density at radius 2 is 2.44 bits per heavy atom. The highest BCUT2D eigenvalue weighted by Gasteiger charge is 2.15. The molecule has 18 heavy (non-hydrogen) atoms. The van der Waals surface area contributed by atoms with Crippen LogP contribution in [0.3, 0.4) is 0 Å². The number of carbonyl (C=O) groups excluding carboxylic acids is 1. The van der Waals surface area contributed by atoms with Gasteiger partial charge in [0.05, 0.1) is 18.3 Å². The van der Waals surface area contributed by atoms with Crippen LogP contribution in [0.1, 0.15) is 18.5 Å². The summed E-state index contributed by atoms with van der Waals surface area (Å²) < 4.78 is 5.43. The minimum Gasteiger partial charge on any atom is -0.376 e. The summed E-state index contributed by atoms with van der Waals surface area (Å²) in [7, 11) is 0. The van der Waals surface area contributed by atoms with Gasteiger partial charge in [-0.25, -0.2) is 0 Å². The molecule has 1 saturated heterocycles. The number of nitrogens with zero attached hydrogens (tertiary/aromatic N) is 1. The molecule has 0 aromatic carbocycles. The number of pyridine rings is 1. The summed E-state index contributed by atoms with van der Waals surface area (Å²) in [6.45, 7) is 2.35. The number of hydrogen-bond acceptors (Lipinski definition) is 4. The van der Waals surface area contributed by atoms with E-state index in [1.165, 1.54) is 0 Å². The zero-order valence-corrected chi connectivity index (χ0v) is 10.4. The van der Waals surface area contributed by atoms with Crippen LogP contribution < -0.4 is 10.6 Å². The molecule has 0 radical (unpaired) electrons. The van der Waals surface area contributed by atoms with E-state index in [1.54, 1.807) is 6.20 Å². The molecule has 2 rings (SSSR count). The first-order valence-electron chi connectivity index (χ1n) is 6.33. The first kappa shape index (κ1) is 13.0. The third kappa shape index (κ3) is 4.43. The van der Waals surface area contributed by atoms with Gasteiger partial charge in [-0.05, 0) is 25.0 Å². The second-order valence-corrected chi connectivity index (χ2v) is 4.36. The van der Waals surface area contributed by atoms with Crippen LogP contribution in [0.2, 0.25) is 0 Å². The van der Waals surface area contributed by atoms with E-state index in [0.29, 0.717) is 19.6 Å². The van der Waals surface area contributed by atoms with Gasteiger partial charge in [0.1, 0.15) is 0 Å². The number of rotatable bonds is 6. The molecule has 1 unspecified atom stereocenters. The fourth-order valence-electron chi connectivity index (χ4n) is 1.90. The largest absolute Gasteiger partial charge is 0.376 e. The van der Waals surface area contributed by atoms with Crippen LogP contribution in [0.15, 0.2) is 24.4 Å². The van der Waals surface area contributed by atoms with Crippen molar-refractivity contribution in [2.75, 3.05) is 19.7 Å². The van der Waals surface area contributed by atoms with Gasteiger partial charge in [0.25, 0.3) is 0 Å². The van der Waals surface area contributed by atoms with Crippen molar-refractivity contribution in [2.24, 2.45) is 0 Å². The topological polar surface area (TPSA) is 63.2 Å². The number of ether oxygens (including phenoxy) is 1. The first-order chi connectivity index (χ1) is 8.84. The van der Waals surface area contributed by atoms with Crippen LogP contribution in [-0.2, 0) is 16.1 Å². The van der Waals surface area contributed by atoms with E-state index >= 15 is 0 Å². The van der Waals surface area contributed by atoms with Gasteiger partial charge in [-0.1, -0.05) is 6.07 Å². The highest BCUT2D eigenvalue weighted by Crippen LogP contribution is 2.10. The van der Waals surface area contributed by atoms with Gasteiger partial charge in [-0.2, -0.15) is 0 Å². The molecule has 5 nitrogen and oxygen atoms in total. The summed E-state index contributed by atoms with van der Waals surface area (Å²) in [6.07, 6.45) is 4.08. The molecule has 1 fully saturated rings. The maximum atomic E-state index is 11.5. The predicted octanol–water partition coefficient (Wildman–Crippen LogP) is 0.466. The van der Waals surface area contributed by atoms with Crippen LogP contribution in [0.25, 0.3) is 0 Å². The van der Waals surface area contributed by atoms with Gasteiger partial charge >= 0.3 is 0 Å². The van der Waals surface area contributed by atoms with E-state index in [9.17, 15) is 4.79 Å². The lowest BCUT2D eigenvalue weighted by molar-refractivity contribution is -0.120. The zero-order valence-electron chi connectivity index (χ0n) is 10.4. The molecular weight excluding hydrogens is 230 g/mol. The van der Waals surface area contributed by atoms with Gasteiger partial charge in [0, 0.05) is 25.9 Å². The van der Waals surface area contributed by atoms with E-state index in [0.717, 1.165) is 25.1 Å². The highest BCUT2D eigenvalue weighted by molar-refractivity contribution is 5.77. The molecule has 0 bridgehead atoms. The van der Waals surface area contributed by atoms with Gasteiger partial charge in [0.2, 0.25) is 5.91 Å². The SMILES string of the molecule is O=C(CNCc1ccccn1)NCC1CCCO1. The summed E-state index contributed by atoms with van der Waals surface area (Å²) in [4.78, 5) is 15.7. The normalized spacial score (nSPS) is 18.8. The number of amides is 1. The summed E-state index contributed by atoms with van der Waals surface area (Å²) in [5.41, 5.74) is 0.935. The van der Waals surface area contributed by atoms with E-state index < -0.39 is 0 Å². The van der Waals surface area contributed by atoms with Crippen molar-refractivity contribution in [3.8, 4) is 0 Å². The third-order valence-corrected chi connectivity index (χ3v) is 2.87. The molecule has 1 aliphatic heterocycles. The van der Waals surface area contributed by atoms with Gasteiger partial charge in [0.15, 0.2) is 0 Å². The third-order valence-electron chi connectivity index (χ3n) is 2.87. The molecule has 1 amide bonds. The lowest BCUT2D eigenvalue weighted by Gasteiger charge is -2.11. The molecule has 0 spiro atoms. The van der Waals surface area contributed by atoms with Crippen molar-refractivity contribution in [1.29, 1.82) is 0 Å². The van der Waals surface area contributed by atoms with Crippen molar-refractivity contribution < 1.29 is 9.53 Å². The minimum absolute atomic E-state index is 0.00133. The minimum atomic E-state index is 0.00133. The van der Waals surface area contributed by atoms with Crippen LogP contribution >= 0.6 is 0 Å². The van der Waals surface area contributed by atoms with Crippen LogP contribution in [0.4, 0.5) is 0 Å². The molecule has 2 heterocycles. The van der Waals surface area contributed by atoms with Gasteiger partial charge < -0.3 is 15.4 Å². The van der Waals surface area contributed by atoms with Crippen molar-refractivity contribution >= 4 is 5.91 Å². The van der Waals surface area contributed by atoms with Crippen LogP contribution in [0.5, 0.6) is 0 Å². The first-order valence-corrected chi connectivity index (χ1v) is 6.33. The van der Waals surface area contributed by atoms with Gasteiger partial charge in [-0.3, -0.25) is 9.78 Å². The average molecular weight is 249 g/mol. The number of nitrogens with one attached hydrogen (secondary N) is 2. The lowest BCUT2D eigenvalue weighted by atomic mass is 10.2. The monoisotopic (exact) mass is 249 g/mol. The molecule has 2 N–H and O–H groups in total. The second kappa shape index (κ2) is 7.08. The maximum absolute atomic E-state index is 11.5. The zero-order chi connectivity index (χ0) is 12.6. The second-order valence-electron chi connectivity index (χ2n) is 4.36. The Morgan fingerprint density at radius 1 is 1.50 bits per heavy atom. The number of carbonyl (C=O) groups is 1. The standard InChI is InChI=1S/C13H19N3O2/c17-13(16-9-12-5-3-7-18-12)10-14-8-11-4-1-2-6-15-11/h1-2,4,6,12,14H,3,5,7-10H2,(H,16,17). The van der Waals surface area contributed by atoms with Crippen molar-refractivity contribution in [1.82, 2.24) is 15.6 Å². The van der Waals surface area contributed by atoms with E-state index in [4.69, 9.17) is 4.74 Å². The molecule has 98 valence electrons. The smallest absolute Gasteiger partial charge is 0.234 e. The van der Waals surface area contributed by atoms with Crippen molar-refractivity contribution in [3.05, 3.63) is 30.1 Å². The maximum Gasteiger partial charge on any atom is 0.234 e. The average Bonchev–Trinajstić information content (AvgIpc) is 2.91. The molecular formula is C13H19N3O2. The summed E-state index contributed by atoms with van der Waals surface area (Å²) in [6, 6.07) is 5.73. The Balaban J connectivity index is 1.57. The lowest BCUT2D eigenvalue weighted by Crippen LogP contribution is -2.37. The van der Waals surface area contributed by atoms with Crippen molar-refractivity contribution in [2.45, 2.75) is 25.5 Å². The van der Waals surface area contributed by atoms with Gasteiger partial charge in [-0.15, -0.1) is 0 Å². The Morgan fingerprint density at radius 3 is 3.17 bits per heavy atom. The van der Waals surface area contributed by atoms with Crippen molar-refractivity contribution in [3.63, 3.8) is 0 Å². The van der Waals surface area contributed by atoms with E-state index in [-0.39, 0.29) is 12.0 Å². The molecule has 1 atom stereocenters. The quantitative estimate of drug-likeness (QED) is 0.769.